The van der Waals surface area contributed by atoms with Crippen LogP contribution in [0.2, 0.25) is 0 Å². The largest absolute Gasteiger partial charge is 0.493 e. The lowest BCUT2D eigenvalue weighted by molar-refractivity contribution is 0.387. The molecule has 2 aromatic rings. The van der Waals surface area contributed by atoms with Crippen LogP contribution in [0.3, 0.4) is 0 Å². The summed E-state index contributed by atoms with van der Waals surface area (Å²) in [5, 5.41) is 4.77. The van der Waals surface area contributed by atoms with Gasteiger partial charge in [0.25, 0.3) is 0 Å². The van der Waals surface area contributed by atoms with Crippen LogP contribution in [0.25, 0.3) is 17.0 Å². The fraction of sp³-hybridized carbons (Fsp3) is 0.182. The van der Waals surface area contributed by atoms with Gasteiger partial charge in [-0.25, -0.2) is 4.39 Å². The maximum atomic E-state index is 13.9. The molecule has 0 saturated carbocycles. The molecule has 0 saturated heterocycles. The maximum Gasteiger partial charge on any atom is 0.193 e. The highest BCUT2D eigenvalue weighted by molar-refractivity contribution is 5.84. The van der Waals surface area contributed by atoms with Gasteiger partial charge in [0.1, 0.15) is 5.52 Å². The Labute approximate surface area is 86.8 Å². The van der Waals surface area contributed by atoms with E-state index >= 15 is 0 Å². The van der Waals surface area contributed by atoms with Crippen molar-refractivity contribution in [3.8, 4) is 5.75 Å². The Morgan fingerprint density at radius 1 is 1.60 bits per heavy atom. The molecule has 0 fully saturated rings. The van der Waals surface area contributed by atoms with Gasteiger partial charge in [-0.1, -0.05) is 12.7 Å². The quantitative estimate of drug-likeness (QED) is 0.754. The Morgan fingerprint density at radius 2 is 2.33 bits per heavy atom. The summed E-state index contributed by atoms with van der Waals surface area (Å²) >= 11 is 0. The fourth-order valence-electron chi connectivity index (χ4n) is 1.61. The van der Waals surface area contributed by atoms with E-state index < -0.39 is 5.82 Å². The van der Waals surface area contributed by atoms with Crippen molar-refractivity contribution < 1.29 is 9.13 Å². The average molecular weight is 206 g/mol. The molecule has 0 amide bonds. The van der Waals surface area contributed by atoms with Crippen molar-refractivity contribution in [3.05, 3.63) is 30.2 Å². The number of ether oxygens (including phenoxy) is 1. The van der Waals surface area contributed by atoms with Crippen LogP contribution in [0.1, 0.15) is 5.56 Å². The van der Waals surface area contributed by atoms with Crippen molar-refractivity contribution in [3.63, 3.8) is 0 Å². The minimum atomic E-state index is -0.439. The first kappa shape index (κ1) is 9.71. The third-order valence-electron chi connectivity index (χ3n) is 2.26. The number of rotatable bonds is 2. The Balaban J connectivity index is 2.86. The van der Waals surface area contributed by atoms with Gasteiger partial charge in [-0.05, 0) is 6.07 Å². The molecule has 15 heavy (non-hydrogen) atoms. The monoisotopic (exact) mass is 206 g/mol. The molecule has 1 aromatic carbocycles. The van der Waals surface area contributed by atoms with Crippen molar-refractivity contribution in [1.82, 2.24) is 9.78 Å². The van der Waals surface area contributed by atoms with Gasteiger partial charge >= 0.3 is 0 Å². The topological polar surface area (TPSA) is 27.1 Å². The molecule has 0 aliphatic carbocycles. The lowest BCUT2D eigenvalue weighted by Gasteiger charge is -2.05. The van der Waals surface area contributed by atoms with Crippen LogP contribution >= 0.6 is 0 Å². The van der Waals surface area contributed by atoms with Gasteiger partial charge in [-0.3, -0.25) is 4.68 Å². The van der Waals surface area contributed by atoms with E-state index in [1.54, 1.807) is 30.1 Å². The van der Waals surface area contributed by atoms with E-state index in [2.05, 4.69) is 11.7 Å². The van der Waals surface area contributed by atoms with Crippen LogP contribution in [0.15, 0.2) is 18.8 Å². The SMILES string of the molecule is C=Cc1cc2cn(C)nc2c(F)c1OC. The molecule has 2 rings (SSSR count). The Morgan fingerprint density at radius 3 is 2.93 bits per heavy atom. The zero-order chi connectivity index (χ0) is 11.0. The van der Waals surface area contributed by atoms with E-state index in [0.717, 1.165) is 5.39 Å². The van der Waals surface area contributed by atoms with E-state index in [1.807, 2.05) is 0 Å². The normalized spacial score (nSPS) is 10.6. The second kappa shape index (κ2) is 3.38. The zero-order valence-corrected chi connectivity index (χ0v) is 8.62. The van der Waals surface area contributed by atoms with Crippen molar-refractivity contribution in [2.24, 2.45) is 7.05 Å². The molecule has 3 nitrogen and oxygen atoms in total. The van der Waals surface area contributed by atoms with Crippen LogP contribution in [0, 0.1) is 5.82 Å². The van der Waals surface area contributed by atoms with E-state index in [0.29, 0.717) is 11.1 Å². The number of nitrogens with zero attached hydrogens (tertiary/aromatic N) is 2. The third kappa shape index (κ3) is 1.38. The number of aromatic nitrogens is 2. The Hall–Kier alpha value is -1.84. The number of methoxy groups -OCH3 is 1. The number of fused-ring (bicyclic) bond motifs is 1. The number of halogens is 1. The molecule has 4 heteroatoms. The summed E-state index contributed by atoms with van der Waals surface area (Å²) in [5.74, 6) is -0.248. The van der Waals surface area contributed by atoms with Crippen molar-refractivity contribution >= 4 is 17.0 Å². The first-order chi connectivity index (χ1) is 7.17. The summed E-state index contributed by atoms with van der Waals surface area (Å²) in [6.45, 7) is 3.62. The van der Waals surface area contributed by atoms with Crippen LogP contribution in [0.5, 0.6) is 5.75 Å². The predicted octanol–water partition coefficient (Wildman–Crippen LogP) is 2.36. The van der Waals surface area contributed by atoms with E-state index in [4.69, 9.17) is 4.74 Å². The smallest absolute Gasteiger partial charge is 0.193 e. The molecule has 0 spiro atoms. The molecule has 1 heterocycles. The van der Waals surface area contributed by atoms with Crippen molar-refractivity contribution in [1.29, 1.82) is 0 Å². The van der Waals surface area contributed by atoms with Gasteiger partial charge < -0.3 is 4.74 Å². The van der Waals surface area contributed by atoms with Crippen LogP contribution in [-0.4, -0.2) is 16.9 Å². The summed E-state index contributed by atoms with van der Waals surface area (Å²) in [4.78, 5) is 0. The summed E-state index contributed by atoms with van der Waals surface area (Å²) in [6, 6.07) is 1.80. The molecule has 0 atom stereocenters. The van der Waals surface area contributed by atoms with Gasteiger partial charge in [0.15, 0.2) is 11.6 Å². The minimum Gasteiger partial charge on any atom is -0.493 e. The summed E-state index contributed by atoms with van der Waals surface area (Å²) < 4.78 is 20.4. The lowest BCUT2D eigenvalue weighted by atomic mass is 10.1. The molecular formula is C11H11FN2O. The van der Waals surface area contributed by atoms with E-state index in [1.165, 1.54) is 7.11 Å². The lowest BCUT2D eigenvalue weighted by Crippen LogP contribution is -1.93. The molecular weight excluding hydrogens is 195 g/mol. The van der Waals surface area contributed by atoms with Gasteiger partial charge in [0.2, 0.25) is 0 Å². The molecule has 78 valence electrons. The van der Waals surface area contributed by atoms with Crippen LogP contribution in [0.4, 0.5) is 4.39 Å². The van der Waals surface area contributed by atoms with E-state index in [9.17, 15) is 4.39 Å². The second-order valence-corrected chi connectivity index (χ2v) is 3.26. The molecule has 0 radical (unpaired) electrons. The summed E-state index contributed by atoms with van der Waals surface area (Å²) in [7, 11) is 3.18. The first-order valence-electron chi connectivity index (χ1n) is 4.49. The van der Waals surface area contributed by atoms with Crippen molar-refractivity contribution in [2.45, 2.75) is 0 Å². The molecule has 0 aliphatic rings. The van der Waals surface area contributed by atoms with Crippen molar-refractivity contribution in [2.75, 3.05) is 7.11 Å². The second-order valence-electron chi connectivity index (χ2n) is 3.26. The predicted molar refractivity (Wildman–Crippen MR) is 57.3 cm³/mol. The molecule has 0 unspecified atom stereocenters. The average Bonchev–Trinajstić information content (AvgIpc) is 2.59. The zero-order valence-electron chi connectivity index (χ0n) is 8.62. The standard InChI is InChI=1S/C11H11FN2O/c1-4-7-5-8-6-14(2)13-10(8)9(12)11(7)15-3/h4-6H,1H2,2-3H3. The first-order valence-corrected chi connectivity index (χ1v) is 4.49. The van der Waals surface area contributed by atoms with Crippen LogP contribution < -0.4 is 4.74 Å². The molecule has 0 aliphatic heterocycles. The maximum absolute atomic E-state index is 13.9. The van der Waals surface area contributed by atoms with Gasteiger partial charge in [-0.15, -0.1) is 0 Å². The number of benzene rings is 1. The fourth-order valence-corrected chi connectivity index (χ4v) is 1.61. The highest BCUT2D eigenvalue weighted by Gasteiger charge is 2.14. The number of aryl methyl sites for hydroxylation is 1. The molecule has 1 aromatic heterocycles. The third-order valence-corrected chi connectivity index (χ3v) is 2.26. The Bertz CT molecular complexity index is 531. The highest BCUT2D eigenvalue weighted by atomic mass is 19.1. The molecule has 0 N–H and O–H groups in total. The molecule has 0 bridgehead atoms. The summed E-state index contributed by atoms with van der Waals surface area (Å²) in [5.41, 5.74) is 0.954. The number of hydrogen-bond donors (Lipinski definition) is 0. The summed E-state index contributed by atoms with van der Waals surface area (Å²) in [6.07, 6.45) is 3.32. The van der Waals surface area contributed by atoms with Crippen LogP contribution in [-0.2, 0) is 7.05 Å². The highest BCUT2D eigenvalue weighted by Crippen LogP contribution is 2.30. The van der Waals surface area contributed by atoms with Gasteiger partial charge in [-0.2, -0.15) is 5.10 Å². The minimum absolute atomic E-state index is 0.191. The van der Waals surface area contributed by atoms with Gasteiger partial charge in [0, 0.05) is 24.2 Å². The Kier molecular flexibility index (Phi) is 2.19. The van der Waals surface area contributed by atoms with E-state index in [-0.39, 0.29) is 5.75 Å². The number of hydrogen-bond acceptors (Lipinski definition) is 2. The van der Waals surface area contributed by atoms with Gasteiger partial charge in [0.05, 0.1) is 7.11 Å².